The number of hydrogen-bond acceptors (Lipinski definition) is 6. The van der Waals surface area contributed by atoms with Gasteiger partial charge in [-0.05, 0) is 31.7 Å². The third-order valence-corrected chi connectivity index (χ3v) is 4.82. The van der Waals surface area contributed by atoms with Crippen molar-refractivity contribution in [3.8, 4) is 11.4 Å². The molecule has 0 saturated heterocycles. The van der Waals surface area contributed by atoms with Crippen LogP contribution < -0.4 is 5.32 Å². The second-order valence-electron chi connectivity index (χ2n) is 6.13. The van der Waals surface area contributed by atoms with Crippen LogP contribution in [0.4, 0.5) is 0 Å². The first-order valence-corrected chi connectivity index (χ1v) is 8.44. The van der Waals surface area contributed by atoms with Crippen LogP contribution in [-0.4, -0.2) is 43.3 Å². The molecule has 3 heterocycles. The topological polar surface area (TPSA) is 117 Å². The molecule has 1 saturated carbocycles. The van der Waals surface area contributed by atoms with E-state index >= 15 is 0 Å². The number of aliphatic hydroxyl groups is 1. The number of aliphatic hydroxyl groups excluding tert-OH is 1. The van der Waals surface area contributed by atoms with E-state index in [1.165, 1.54) is 6.20 Å². The number of aromatic nitrogens is 4. The summed E-state index contributed by atoms with van der Waals surface area (Å²) in [6.45, 7) is 0. The Labute approximate surface area is 147 Å². The Kier molecular flexibility index (Phi) is 4.14. The van der Waals surface area contributed by atoms with Crippen LogP contribution in [0.5, 0.6) is 0 Å². The number of pyridine rings is 1. The first-order chi connectivity index (χ1) is 12.1. The van der Waals surface area contributed by atoms with Gasteiger partial charge in [-0.1, -0.05) is 16.8 Å². The monoisotopic (exact) mass is 361 g/mol. The van der Waals surface area contributed by atoms with Gasteiger partial charge in [0.05, 0.1) is 16.7 Å². The number of nitrogens with zero attached hydrogens (tertiary/aromatic N) is 3. The molecule has 1 aliphatic carbocycles. The summed E-state index contributed by atoms with van der Waals surface area (Å²) < 4.78 is 5.08. The predicted molar refractivity (Wildman–Crippen MR) is 90.1 cm³/mol. The van der Waals surface area contributed by atoms with Gasteiger partial charge in [0.15, 0.2) is 0 Å². The minimum atomic E-state index is -0.424. The van der Waals surface area contributed by atoms with Gasteiger partial charge in [0.2, 0.25) is 5.82 Å². The van der Waals surface area contributed by atoms with Crippen molar-refractivity contribution < 1.29 is 14.4 Å². The molecule has 3 aromatic heterocycles. The van der Waals surface area contributed by atoms with Crippen LogP contribution in [0.15, 0.2) is 23.0 Å². The first kappa shape index (κ1) is 16.0. The van der Waals surface area contributed by atoms with E-state index in [9.17, 15) is 9.90 Å². The average molecular weight is 362 g/mol. The molecular formula is C16H16ClN5O3. The summed E-state index contributed by atoms with van der Waals surface area (Å²) in [5, 5.41) is 17.4. The van der Waals surface area contributed by atoms with Gasteiger partial charge < -0.3 is 19.9 Å². The second kappa shape index (κ2) is 6.45. The molecule has 0 radical (unpaired) electrons. The minimum Gasteiger partial charge on any atom is -0.393 e. The molecule has 25 heavy (non-hydrogen) atoms. The molecule has 8 nitrogen and oxygen atoms in total. The number of carbonyl (C=O) groups is 1. The van der Waals surface area contributed by atoms with Crippen LogP contribution in [0, 0.1) is 0 Å². The molecule has 4 rings (SSSR count). The Balaban J connectivity index is 1.53. The second-order valence-corrected chi connectivity index (χ2v) is 6.51. The van der Waals surface area contributed by atoms with Crippen LogP contribution in [0.2, 0.25) is 5.02 Å². The van der Waals surface area contributed by atoms with E-state index in [-0.39, 0.29) is 23.9 Å². The maximum Gasteiger partial charge on any atom is 0.316 e. The molecule has 3 N–H and O–H groups in total. The molecule has 0 atom stereocenters. The van der Waals surface area contributed by atoms with Crippen molar-refractivity contribution in [1.82, 2.24) is 25.4 Å². The Morgan fingerprint density at radius 2 is 2.16 bits per heavy atom. The lowest BCUT2D eigenvalue weighted by Crippen LogP contribution is -2.38. The highest BCUT2D eigenvalue weighted by atomic mass is 35.5. The molecule has 3 aromatic rings. The molecular weight excluding hydrogens is 346 g/mol. The van der Waals surface area contributed by atoms with Gasteiger partial charge in [-0.2, -0.15) is 4.98 Å². The molecule has 0 bridgehead atoms. The van der Waals surface area contributed by atoms with E-state index in [0.29, 0.717) is 29.1 Å². The highest BCUT2D eigenvalue weighted by Crippen LogP contribution is 2.31. The van der Waals surface area contributed by atoms with Gasteiger partial charge in [0.1, 0.15) is 5.65 Å². The predicted octanol–water partition coefficient (Wildman–Crippen LogP) is 2.30. The average Bonchev–Trinajstić information content (AvgIpc) is 3.26. The van der Waals surface area contributed by atoms with Crippen molar-refractivity contribution in [2.45, 2.75) is 37.8 Å². The highest BCUT2D eigenvalue weighted by Gasteiger charge is 2.24. The number of aromatic amines is 1. The van der Waals surface area contributed by atoms with Gasteiger partial charge in [-0.15, -0.1) is 0 Å². The Morgan fingerprint density at radius 3 is 2.96 bits per heavy atom. The zero-order chi connectivity index (χ0) is 17.4. The number of halogens is 1. The van der Waals surface area contributed by atoms with E-state index < -0.39 is 5.91 Å². The molecule has 1 amide bonds. The Bertz CT molecular complexity index is 914. The number of carbonyl (C=O) groups excluding carboxylic acids is 1. The maximum atomic E-state index is 12.3. The lowest BCUT2D eigenvalue weighted by Gasteiger charge is -2.25. The third kappa shape index (κ3) is 3.10. The third-order valence-electron chi connectivity index (χ3n) is 4.41. The number of hydrogen-bond donors (Lipinski definition) is 3. The maximum absolute atomic E-state index is 12.3. The van der Waals surface area contributed by atoms with Crippen molar-refractivity contribution in [1.29, 1.82) is 0 Å². The van der Waals surface area contributed by atoms with E-state index in [1.54, 1.807) is 12.3 Å². The zero-order valence-electron chi connectivity index (χ0n) is 13.2. The first-order valence-electron chi connectivity index (χ1n) is 8.06. The summed E-state index contributed by atoms with van der Waals surface area (Å²) in [4.78, 5) is 23.6. The van der Waals surface area contributed by atoms with Gasteiger partial charge in [0, 0.05) is 23.8 Å². The SMILES string of the molecule is O=C(NC1CCC(O)CC1)c1nc(-c2cnc3[nH]ccc3c2Cl)no1. The van der Waals surface area contributed by atoms with Crippen LogP contribution >= 0.6 is 11.6 Å². The van der Waals surface area contributed by atoms with E-state index in [2.05, 4.69) is 25.4 Å². The molecule has 0 aliphatic heterocycles. The van der Waals surface area contributed by atoms with Gasteiger partial charge in [-0.25, -0.2) is 4.98 Å². The lowest BCUT2D eigenvalue weighted by molar-refractivity contribution is 0.0829. The van der Waals surface area contributed by atoms with Crippen molar-refractivity contribution >= 4 is 28.5 Å². The number of nitrogens with one attached hydrogen (secondary N) is 2. The standard InChI is InChI=1S/C16H16ClN5O3/c17-12-10-5-6-18-13(10)19-7-11(12)14-21-16(25-22-14)15(24)20-8-1-3-9(23)4-2-8/h5-9,23H,1-4H2,(H,18,19)(H,20,24). The number of H-pyrrole nitrogens is 1. The summed E-state index contributed by atoms with van der Waals surface area (Å²) in [7, 11) is 0. The van der Waals surface area contributed by atoms with Crippen molar-refractivity contribution in [2.75, 3.05) is 0 Å². The largest absolute Gasteiger partial charge is 0.393 e. The molecule has 0 spiro atoms. The van der Waals surface area contributed by atoms with Crippen molar-refractivity contribution in [3.05, 3.63) is 29.4 Å². The zero-order valence-corrected chi connectivity index (χ0v) is 14.0. The fraction of sp³-hybridized carbons (Fsp3) is 0.375. The molecule has 1 fully saturated rings. The van der Waals surface area contributed by atoms with Crippen molar-refractivity contribution in [3.63, 3.8) is 0 Å². The summed E-state index contributed by atoms with van der Waals surface area (Å²) in [5.41, 5.74) is 1.16. The van der Waals surface area contributed by atoms with E-state index in [0.717, 1.165) is 18.2 Å². The Hall–Kier alpha value is -2.45. The highest BCUT2D eigenvalue weighted by molar-refractivity contribution is 6.37. The van der Waals surface area contributed by atoms with Crippen LogP contribution in [-0.2, 0) is 0 Å². The van der Waals surface area contributed by atoms with E-state index in [1.807, 2.05) is 0 Å². The van der Waals surface area contributed by atoms with Crippen LogP contribution in [0.25, 0.3) is 22.4 Å². The van der Waals surface area contributed by atoms with E-state index in [4.69, 9.17) is 16.1 Å². The number of rotatable bonds is 3. The summed E-state index contributed by atoms with van der Waals surface area (Å²) >= 11 is 6.37. The smallest absolute Gasteiger partial charge is 0.316 e. The van der Waals surface area contributed by atoms with Crippen LogP contribution in [0.3, 0.4) is 0 Å². The quantitative estimate of drug-likeness (QED) is 0.659. The van der Waals surface area contributed by atoms with Crippen LogP contribution in [0.1, 0.15) is 36.4 Å². The lowest BCUT2D eigenvalue weighted by atomic mass is 9.93. The molecule has 1 aliphatic rings. The summed E-state index contributed by atoms with van der Waals surface area (Å²) in [5.74, 6) is -0.330. The molecule has 130 valence electrons. The fourth-order valence-electron chi connectivity index (χ4n) is 3.02. The molecule has 9 heteroatoms. The molecule has 0 unspecified atom stereocenters. The van der Waals surface area contributed by atoms with Gasteiger partial charge in [0.25, 0.3) is 0 Å². The summed E-state index contributed by atoms with van der Waals surface area (Å²) in [6.07, 6.45) is 5.82. The van der Waals surface area contributed by atoms with Crippen molar-refractivity contribution in [2.24, 2.45) is 0 Å². The fourth-order valence-corrected chi connectivity index (χ4v) is 3.31. The number of amides is 1. The molecule has 0 aromatic carbocycles. The number of fused-ring (bicyclic) bond motifs is 1. The normalized spacial score (nSPS) is 20.7. The summed E-state index contributed by atoms with van der Waals surface area (Å²) in [6, 6.07) is 1.81. The van der Waals surface area contributed by atoms with Gasteiger partial charge in [-0.3, -0.25) is 4.79 Å². The minimum absolute atomic E-state index is 0.00714. The Morgan fingerprint density at radius 1 is 1.36 bits per heavy atom. The van der Waals surface area contributed by atoms with Gasteiger partial charge >= 0.3 is 11.8 Å².